The van der Waals surface area contributed by atoms with Crippen LogP contribution >= 0.6 is 15.9 Å². The SMILES string of the molecule is C[C@@H]1CCc2noc(NC(=O)c3cc(=O)c4ccc(Br)cc4o3)c2C1. The third-order valence-corrected chi connectivity index (χ3v) is 4.93. The summed E-state index contributed by atoms with van der Waals surface area (Å²) < 4.78 is 11.6. The normalized spacial score (nSPS) is 16.6. The highest BCUT2D eigenvalue weighted by molar-refractivity contribution is 9.10. The van der Waals surface area contributed by atoms with E-state index in [1.165, 1.54) is 6.07 Å². The van der Waals surface area contributed by atoms with Crippen LogP contribution in [-0.4, -0.2) is 11.1 Å². The van der Waals surface area contributed by atoms with E-state index in [9.17, 15) is 9.59 Å². The first-order valence-corrected chi connectivity index (χ1v) is 8.83. The molecule has 0 spiro atoms. The molecule has 7 heteroatoms. The number of hydrogen-bond donors (Lipinski definition) is 1. The summed E-state index contributed by atoms with van der Waals surface area (Å²) in [4.78, 5) is 24.7. The van der Waals surface area contributed by atoms with Gasteiger partial charge in [-0.05, 0) is 43.4 Å². The minimum atomic E-state index is -0.531. The van der Waals surface area contributed by atoms with E-state index in [0.717, 1.165) is 35.0 Å². The molecule has 0 bridgehead atoms. The van der Waals surface area contributed by atoms with Gasteiger partial charge in [-0.25, -0.2) is 0 Å². The van der Waals surface area contributed by atoms with Gasteiger partial charge in [0.15, 0.2) is 11.2 Å². The summed E-state index contributed by atoms with van der Waals surface area (Å²) in [5.41, 5.74) is 1.89. The van der Waals surface area contributed by atoms with E-state index < -0.39 is 5.91 Å². The third kappa shape index (κ3) is 3.00. The molecule has 0 saturated carbocycles. The molecular weight excluding hydrogens is 388 g/mol. The average molecular weight is 403 g/mol. The molecule has 1 aliphatic carbocycles. The van der Waals surface area contributed by atoms with Crippen molar-refractivity contribution in [3.05, 3.63) is 56.0 Å². The number of halogens is 1. The molecule has 0 saturated heterocycles. The Kier molecular flexibility index (Phi) is 3.95. The molecule has 4 rings (SSSR count). The fraction of sp³-hybridized carbons (Fsp3) is 0.278. The summed E-state index contributed by atoms with van der Waals surface area (Å²) in [5.74, 6) is 0.253. The third-order valence-electron chi connectivity index (χ3n) is 4.44. The standard InChI is InChI=1S/C18H15BrN2O4/c1-9-2-5-13-12(6-9)18(25-21-13)20-17(23)16-8-14(22)11-4-3-10(19)7-15(11)24-16/h3-4,7-9H,2,5-6H2,1H3,(H,20,23)/t9-/m1/s1. The number of nitrogens with zero attached hydrogens (tertiary/aromatic N) is 1. The van der Waals surface area contributed by atoms with Gasteiger partial charge >= 0.3 is 0 Å². The molecule has 3 aromatic rings. The fourth-order valence-electron chi connectivity index (χ4n) is 3.09. The van der Waals surface area contributed by atoms with Gasteiger partial charge in [-0.1, -0.05) is 28.0 Å². The van der Waals surface area contributed by atoms with Crippen LogP contribution in [0.5, 0.6) is 0 Å². The summed E-state index contributed by atoms with van der Waals surface area (Å²) in [7, 11) is 0. The first kappa shape index (κ1) is 16.1. The smallest absolute Gasteiger partial charge is 0.293 e. The Morgan fingerprint density at radius 1 is 1.36 bits per heavy atom. The number of rotatable bonds is 2. The van der Waals surface area contributed by atoms with Crippen LogP contribution in [0.3, 0.4) is 0 Å². The van der Waals surface area contributed by atoms with Crippen LogP contribution in [0, 0.1) is 5.92 Å². The maximum absolute atomic E-state index is 12.5. The van der Waals surface area contributed by atoms with Gasteiger partial charge in [0.05, 0.1) is 11.1 Å². The molecule has 128 valence electrons. The predicted octanol–water partition coefficient (Wildman–Crippen LogP) is 3.92. The molecule has 1 aliphatic rings. The van der Waals surface area contributed by atoms with E-state index in [4.69, 9.17) is 8.94 Å². The second kappa shape index (κ2) is 6.15. The quantitative estimate of drug-likeness (QED) is 0.701. The zero-order chi connectivity index (χ0) is 17.6. The molecule has 0 aliphatic heterocycles. The monoisotopic (exact) mass is 402 g/mol. The number of carbonyl (C=O) groups is 1. The molecule has 6 nitrogen and oxygen atoms in total. The highest BCUT2D eigenvalue weighted by atomic mass is 79.9. The zero-order valence-corrected chi connectivity index (χ0v) is 15.1. The van der Waals surface area contributed by atoms with Crippen LogP contribution < -0.4 is 10.7 Å². The largest absolute Gasteiger partial charge is 0.451 e. The van der Waals surface area contributed by atoms with Gasteiger partial charge in [0.2, 0.25) is 5.88 Å². The highest BCUT2D eigenvalue weighted by Gasteiger charge is 2.25. The van der Waals surface area contributed by atoms with Crippen LogP contribution in [0.1, 0.15) is 35.2 Å². The lowest BCUT2D eigenvalue weighted by Gasteiger charge is -2.16. The molecule has 0 fully saturated rings. The molecule has 1 atom stereocenters. The first-order chi connectivity index (χ1) is 12.0. The van der Waals surface area contributed by atoms with Crippen molar-refractivity contribution < 1.29 is 13.7 Å². The Morgan fingerprint density at radius 3 is 3.04 bits per heavy atom. The van der Waals surface area contributed by atoms with E-state index in [1.54, 1.807) is 18.2 Å². The number of hydrogen-bond acceptors (Lipinski definition) is 5. The van der Waals surface area contributed by atoms with E-state index in [0.29, 0.717) is 22.8 Å². The van der Waals surface area contributed by atoms with Crippen molar-refractivity contribution in [2.45, 2.75) is 26.2 Å². The summed E-state index contributed by atoms with van der Waals surface area (Å²) in [5, 5.41) is 7.13. The van der Waals surface area contributed by atoms with Crippen molar-refractivity contribution in [2.24, 2.45) is 5.92 Å². The van der Waals surface area contributed by atoms with Crippen molar-refractivity contribution in [3.8, 4) is 0 Å². The second-order valence-corrected chi connectivity index (χ2v) is 7.27. The molecule has 1 aromatic carbocycles. The molecule has 2 aromatic heterocycles. The van der Waals surface area contributed by atoms with Gasteiger partial charge in [0, 0.05) is 16.1 Å². The fourth-order valence-corrected chi connectivity index (χ4v) is 3.43. The van der Waals surface area contributed by atoms with Gasteiger partial charge in [-0.15, -0.1) is 0 Å². The van der Waals surface area contributed by atoms with Crippen LogP contribution in [0.15, 0.2) is 42.5 Å². The minimum Gasteiger partial charge on any atom is -0.451 e. The lowest BCUT2D eigenvalue weighted by atomic mass is 9.89. The van der Waals surface area contributed by atoms with E-state index >= 15 is 0 Å². The van der Waals surface area contributed by atoms with Crippen LogP contribution in [0.4, 0.5) is 5.88 Å². The number of aryl methyl sites for hydroxylation is 1. The summed E-state index contributed by atoms with van der Waals surface area (Å²) in [6, 6.07) is 6.25. The van der Waals surface area contributed by atoms with Crippen LogP contribution in [0.2, 0.25) is 0 Å². The molecule has 1 amide bonds. The number of benzene rings is 1. The van der Waals surface area contributed by atoms with E-state index in [-0.39, 0.29) is 11.2 Å². The lowest BCUT2D eigenvalue weighted by molar-refractivity contribution is 0.0994. The van der Waals surface area contributed by atoms with Gasteiger partial charge in [0.25, 0.3) is 5.91 Å². The number of anilines is 1. The second-order valence-electron chi connectivity index (χ2n) is 6.35. The molecule has 0 radical (unpaired) electrons. The molecule has 0 unspecified atom stereocenters. The highest BCUT2D eigenvalue weighted by Crippen LogP contribution is 2.30. The number of nitrogens with one attached hydrogen (secondary N) is 1. The van der Waals surface area contributed by atoms with E-state index in [2.05, 4.69) is 33.3 Å². The lowest BCUT2D eigenvalue weighted by Crippen LogP contribution is -2.17. The Balaban J connectivity index is 1.67. The van der Waals surface area contributed by atoms with E-state index in [1.807, 2.05) is 0 Å². The van der Waals surface area contributed by atoms with Crippen LogP contribution in [-0.2, 0) is 12.8 Å². The number of amides is 1. The Bertz CT molecular complexity index is 1040. The molecule has 1 N–H and O–H groups in total. The van der Waals surface area contributed by atoms with Gasteiger partial charge in [0.1, 0.15) is 5.58 Å². The number of carbonyl (C=O) groups excluding carboxylic acids is 1. The summed E-state index contributed by atoms with van der Waals surface area (Å²) in [6.45, 7) is 2.15. The minimum absolute atomic E-state index is 0.0652. The van der Waals surface area contributed by atoms with Crippen molar-refractivity contribution in [1.82, 2.24) is 5.16 Å². The van der Waals surface area contributed by atoms with Crippen molar-refractivity contribution >= 4 is 38.7 Å². The molecule has 25 heavy (non-hydrogen) atoms. The number of fused-ring (bicyclic) bond motifs is 2. The Hall–Kier alpha value is -2.41. The first-order valence-electron chi connectivity index (χ1n) is 8.03. The summed E-state index contributed by atoms with van der Waals surface area (Å²) >= 11 is 3.33. The topological polar surface area (TPSA) is 85.3 Å². The summed E-state index contributed by atoms with van der Waals surface area (Å²) in [6.07, 6.45) is 2.71. The molecular formula is C18H15BrN2O4. The van der Waals surface area contributed by atoms with Crippen LogP contribution in [0.25, 0.3) is 11.0 Å². The van der Waals surface area contributed by atoms with Gasteiger partial charge in [-0.3, -0.25) is 14.9 Å². The number of aromatic nitrogens is 1. The zero-order valence-electron chi connectivity index (χ0n) is 13.5. The average Bonchev–Trinajstić information content (AvgIpc) is 2.96. The van der Waals surface area contributed by atoms with Crippen molar-refractivity contribution in [3.63, 3.8) is 0 Å². The van der Waals surface area contributed by atoms with Gasteiger partial charge < -0.3 is 8.94 Å². The van der Waals surface area contributed by atoms with Gasteiger partial charge in [-0.2, -0.15) is 0 Å². The van der Waals surface area contributed by atoms with Crippen molar-refractivity contribution in [2.75, 3.05) is 5.32 Å². The Labute approximate surface area is 151 Å². The maximum Gasteiger partial charge on any atom is 0.293 e. The maximum atomic E-state index is 12.5. The predicted molar refractivity (Wildman–Crippen MR) is 95.8 cm³/mol. The Morgan fingerprint density at radius 2 is 2.20 bits per heavy atom. The molecule has 2 heterocycles. The van der Waals surface area contributed by atoms with Crippen molar-refractivity contribution in [1.29, 1.82) is 0 Å².